The first-order valence-corrected chi connectivity index (χ1v) is 3.47. The fourth-order valence-corrected chi connectivity index (χ4v) is 1.29. The molecule has 0 spiro atoms. The van der Waals surface area contributed by atoms with Crippen LogP contribution in [0, 0.1) is 4.91 Å². The van der Waals surface area contributed by atoms with Gasteiger partial charge in [-0.25, -0.2) is 0 Å². The molecule has 0 bridgehead atoms. The average molecular weight is 144 g/mol. The predicted molar refractivity (Wildman–Crippen MR) is 37.4 cm³/mol. The lowest BCUT2D eigenvalue weighted by molar-refractivity contribution is 0.117. The van der Waals surface area contributed by atoms with Gasteiger partial charge in [0.2, 0.25) is 0 Å². The molecule has 58 valence electrons. The Bertz CT molecular complexity index is 118. The van der Waals surface area contributed by atoms with Gasteiger partial charge in [0.25, 0.3) is 0 Å². The van der Waals surface area contributed by atoms with E-state index in [1.807, 2.05) is 0 Å². The number of hydrogen-bond donors (Lipinski definition) is 0. The van der Waals surface area contributed by atoms with Crippen LogP contribution >= 0.6 is 0 Å². The molecular weight excluding hydrogens is 132 g/mol. The number of ether oxygens (including phenoxy) is 1. The van der Waals surface area contributed by atoms with Crippen molar-refractivity contribution in [3.63, 3.8) is 0 Å². The van der Waals surface area contributed by atoms with Crippen molar-refractivity contribution in [1.29, 1.82) is 0 Å². The summed E-state index contributed by atoms with van der Waals surface area (Å²) in [5.74, 6) is 0. The second-order valence-corrected chi connectivity index (χ2v) is 2.50. The zero-order chi connectivity index (χ0) is 7.40. The van der Waals surface area contributed by atoms with Gasteiger partial charge in [-0.1, -0.05) is 0 Å². The van der Waals surface area contributed by atoms with Crippen molar-refractivity contribution in [3.8, 4) is 0 Å². The first kappa shape index (κ1) is 7.47. The predicted octanol–water partition coefficient (Wildman–Crippen LogP) is 0.779. The van der Waals surface area contributed by atoms with Gasteiger partial charge in [-0.2, -0.15) is 0 Å². The molecule has 1 heterocycles. The summed E-state index contributed by atoms with van der Waals surface area (Å²) in [6.07, 6.45) is 2.08. The van der Waals surface area contributed by atoms with Crippen molar-refractivity contribution in [2.75, 3.05) is 20.3 Å². The van der Waals surface area contributed by atoms with Gasteiger partial charge >= 0.3 is 0 Å². The largest absolute Gasteiger partial charge is 0.382 e. The summed E-state index contributed by atoms with van der Waals surface area (Å²) >= 11 is 0. The highest BCUT2D eigenvalue weighted by atomic mass is 16.5. The monoisotopic (exact) mass is 144 g/mol. The molecule has 1 aliphatic rings. The van der Waals surface area contributed by atoms with Gasteiger partial charge in [0, 0.05) is 13.7 Å². The molecule has 1 fully saturated rings. The minimum Gasteiger partial charge on any atom is -0.382 e. The van der Waals surface area contributed by atoms with E-state index in [4.69, 9.17) is 4.74 Å². The minimum atomic E-state index is 0.225. The van der Waals surface area contributed by atoms with Gasteiger partial charge in [0.05, 0.1) is 17.9 Å². The van der Waals surface area contributed by atoms with Crippen LogP contribution in [0.15, 0.2) is 5.29 Å². The van der Waals surface area contributed by atoms with Crippen LogP contribution < -0.4 is 0 Å². The molecule has 1 atom stereocenters. The normalized spacial score (nSPS) is 25.3. The maximum absolute atomic E-state index is 10.1. The first-order chi connectivity index (χ1) is 4.88. The third kappa shape index (κ3) is 1.44. The maximum Gasteiger partial charge on any atom is 0.0736 e. The summed E-state index contributed by atoms with van der Waals surface area (Å²) in [6, 6.07) is 0.225. The molecule has 4 nitrogen and oxygen atoms in total. The van der Waals surface area contributed by atoms with E-state index < -0.39 is 0 Å². The van der Waals surface area contributed by atoms with Gasteiger partial charge in [-0.05, 0) is 12.8 Å². The molecule has 0 N–H and O–H groups in total. The summed E-state index contributed by atoms with van der Waals surface area (Å²) in [6.45, 7) is 1.41. The Morgan fingerprint density at radius 2 is 2.60 bits per heavy atom. The van der Waals surface area contributed by atoms with E-state index in [1.54, 1.807) is 12.1 Å². The highest BCUT2D eigenvalue weighted by Crippen LogP contribution is 2.16. The Morgan fingerprint density at radius 1 is 1.80 bits per heavy atom. The smallest absolute Gasteiger partial charge is 0.0736 e. The molecule has 0 unspecified atom stereocenters. The van der Waals surface area contributed by atoms with Crippen molar-refractivity contribution in [2.24, 2.45) is 5.29 Å². The van der Waals surface area contributed by atoms with Crippen LogP contribution in [0.2, 0.25) is 0 Å². The molecule has 4 heteroatoms. The lowest BCUT2D eigenvalue weighted by atomic mass is 10.2. The minimum absolute atomic E-state index is 0.225. The number of hydrogen-bond acceptors (Lipinski definition) is 3. The van der Waals surface area contributed by atoms with Crippen LogP contribution in [0.25, 0.3) is 0 Å². The second-order valence-electron chi connectivity index (χ2n) is 2.50. The lowest BCUT2D eigenvalue weighted by Crippen LogP contribution is -2.27. The Balaban J connectivity index is 2.34. The van der Waals surface area contributed by atoms with Crippen molar-refractivity contribution in [3.05, 3.63) is 4.91 Å². The molecule has 1 saturated heterocycles. The van der Waals surface area contributed by atoms with Crippen LogP contribution in [-0.4, -0.2) is 31.3 Å². The van der Waals surface area contributed by atoms with Crippen LogP contribution in [0.3, 0.4) is 0 Å². The summed E-state index contributed by atoms with van der Waals surface area (Å²) in [7, 11) is 1.64. The summed E-state index contributed by atoms with van der Waals surface area (Å²) in [5, 5.41) is 4.45. The first-order valence-electron chi connectivity index (χ1n) is 3.47. The fourth-order valence-electron chi connectivity index (χ4n) is 1.29. The van der Waals surface area contributed by atoms with Crippen LogP contribution in [0.1, 0.15) is 12.8 Å². The summed E-state index contributed by atoms with van der Waals surface area (Å²) in [5.41, 5.74) is 0. The van der Waals surface area contributed by atoms with Crippen molar-refractivity contribution >= 4 is 0 Å². The molecule has 0 aromatic carbocycles. The second kappa shape index (κ2) is 3.51. The van der Waals surface area contributed by atoms with E-state index in [0.29, 0.717) is 6.61 Å². The quantitative estimate of drug-likeness (QED) is 0.549. The maximum atomic E-state index is 10.1. The van der Waals surface area contributed by atoms with E-state index in [9.17, 15) is 4.91 Å². The topological polar surface area (TPSA) is 41.9 Å². The Hall–Kier alpha value is -0.640. The summed E-state index contributed by atoms with van der Waals surface area (Å²) < 4.78 is 4.92. The number of nitroso groups, excluding NO2 is 1. The number of rotatable bonds is 3. The zero-order valence-electron chi connectivity index (χ0n) is 6.12. The van der Waals surface area contributed by atoms with Crippen LogP contribution in [-0.2, 0) is 4.74 Å². The molecule has 0 aliphatic carbocycles. The SMILES string of the molecule is COC[C@@H]1CCCN1N=O. The zero-order valence-corrected chi connectivity index (χ0v) is 6.12. The van der Waals surface area contributed by atoms with Gasteiger partial charge in [-0.3, -0.25) is 5.01 Å². The van der Waals surface area contributed by atoms with Crippen molar-refractivity contribution in [2.45, 2.75) is 18.9 Å². The highest BCUT2D eigenvalue weighted by molar-refractivity contribution is 4.75. The fraction of sp³-hybridized carbons (Fsp3) is 1.00. The van der Waals surface area contributed by atoms with E-state index in [2.05, 4.69) is 5.29 Å². The molecule has 0 amide bonds. The van der Waals surface area contributed by atoms with Gasteiger partial charge < -0.3 is 4.74 Å². The van der Waals surface area contributed by atoms with Crippen molar-refractivity contribution in [1.82, 2.24) is 5.01 Å². The van der Waals surface area contributed by atoms with E-state index in [0.717, 1.165) is 19.4 Å². The molecule has 0 saturated carbocycles. The molecule has 0 aromatic rings. The van der Waals surface area contributed by atoms with E-state index >= 15 is 0 Å². The van der Waals surface area contributed by atoms with Crippen LogP contribution in [0.5, 0.6) is 0 Å². The molecule has 0 aromatic heterocycles. The molecule has 1 aliphatic heterocycles. The van der Waals surface area contributed by atoms with Crippen molar-refractivity contribution < 1.29 is 4.74 Å². The van der Waals surface area contributed by atoms with Crippen LogP contribution in [0.4, 0.5) is 0 Å². The molecule has 1 rings (SSSR count). The van der Waals surface area contributed by atoms with Gasteiger partial charge in [0.15, 0.2) is 0 Å². The van der Waals surface area contributed by atoms with E-state index in [1.165, 1.54) is 0 Å². The summed E-state index contributed by atoms with van der Waals surface area (Å²) in [4.78, 5) is 10.1. The highest BCUT2D eigenvalue weighted by Gasteiger charge is 2.23. The lowest BCUT2D eigenvalue weighted by Gasteiger charge is -2.15. The molecule has 10 heavy (non-hydrogen) atoms. The molecular formula is C6H12N2O2. The Kier molecular flexibility index (Phi) is 2.62. The van der Waals surface area contributed by atoms with Gasteiger partial charge in [0.1, 0.15) is 0 Å². The van der Waals surface area contributed by atoms with Gasteiger partial charge in [-0.15, -0.1) is 4.91 Å². The Labute approximate surface area is 60.1 Å². The third-order valence-electron chi connectivity index (χ3n) is 1.81. The Morgan fingerprint density at radius 3 is 3.20 bits per heavy atom. The average Bonchev–Trinajstić information content (AvgIpc) is 2.36. The molecule has 0 radical (unpaired) electrons. The number of nitrogens with zero attached hydrogens (tertiary/aromatic N) is 2. The number of methoxy groups -OCH3 is 1. The van der Waals surface area contributed by atoms with E-state index in [-0.39, 0.29) is 6.04 Å². The third-order valence-corrected chi connectivity index (χ3v) is 1.81. The standard InChI is InChI=1S/C6H12N2O2/c1-10-5-6-3-2-4-8(6)7-9/h6H,2-5H2,1H3/t6-/m0/s1.